The van der Waals surface area contributed by atoms with E-state index >= 15 is 0 Å². The van der Waals surface area contributed by atoms with Crippen molar-refractivity contribution in [2.75, 3.05) is 6.61 Å². The Morgan fingerprint density at radius 3 is 2.10 bits per heavy atom. The quantitative estimate of drug-likeness (QED) is 0.376. The van der Waals surface area contributed by atoms with E-state index in [1.54, 1.807) is 0 Å². The first-order valence-electron chi connectivity index (χ1n) is 11.8. The molecule has 1 aromatic heterocycles. The standard InChI is InChI=1S/C26H38N2O/c1-3-5-7-21-8-10-22(11-9-21)12-13-23-14-16-24(17-15-23)25-18-19-26(28-27-25)29-20-6-4-2/h14-19,21-22H,3-13,20H2,1-2H3/t21-,22-. The van der Waals surface area contributed by atoms with E-state index in [0.717, 1.165) is 35.9 Å². The lowest BCUT2D eigenvalue weighted by Crippen LogP contribution is -2.15. The van der Waals surface area contributed by atoms with E-state index in [1.165, 1.54) is 63.4 Å². The molecule has 1 aliphatic rings. The first kappa shape index (κ1) is 21.8. The van der Waals surface area contributed by atoms with Gasteiger partial charge in [0.05, 0.1) is 12.3 Å². The zero-order chi connectivity index (χ0) is 20.3. The number of hydrogen-bond acceptors (Lipinski definition) is 3. The van der Waals surface area contributed by atoms with Crippen LogP contribution in [0.1, 0.15) is 83.6 Å². The molecule has 3 nitrogen and oxygen atoms in total. The Labute approximate surface area is 177 Å². The van der Waals surface area contributed by atoms with E-state index in [0.29, 0.717) is 12.5 Å². The van der Waals surface area contributed by atoms with Crippen LogP contribution in [-0.4, -0.2) is 16.8 Å². The number of aromatic nitrogens is 2. The molecule has 0 saturated heterocycles. The number of benzene rings is 1. The maximum absolute atomic E-state index is 5.60. The van der Waals surface area contributed by atoms with Gasteiger partial charge >= 0.3 is 0 Å². The minimum absolute atomic E-state index is 0.614. The average molecular weight is 395 g/mol. The second kappa shape index (κ2) is 11.9. The SMILES string of the molecule is CCCCOc1ccc(-c2ccc(CC[C@H]3CC[C@H](CCCC)CC3)cc2)nn1. The summed E-state index contributed by atoms with van der Waals surface area (Å²) in [4.78, 5) is 0. The van der Waals surface area contributed by atoms with Crippen LogP contribution in [-0.2, 0) is 6.42 Å². The average Bonchev–Trinajstić information content (AvgIpc) is 2.78. The minimum Gasteiger partial charge on any atom is -0.477 e. The molecule has 0 unspecified atom stereocenters. The predicted octanol–water partition coefficient (Wildman–Crippen LogP) is 7.25. The number of hydrogen-bond donors (Lipinski definition) is 0. The molecule has 3 rings (SSSR count). The molecule has 0 atom stereocenters. The highest BCUT2D eigenvalue weighted by Gasteiger charge is 2.20. The van der Waals surface area contributed by atoms with Crippen LogP contribution in [0, 0.1) is 11.8 Å². The molecular weight excluding hydrogens is 356 g/mol. The molecule has 0 radical (unpaired) electrons. The fraction of sp³-hybridized carbons (Fsp3) is 0.615. The molecule has 3 heteroatoms. The van der Waals surface area contributed by atoms with E-state index in [9.17, 15) is 0 Å². The first-order chi connectivity index (χ1) is 14.3. The van der Waals surface area contributed by atoms with E-state index in [2.05, 4.69) is 48.3 Å². The molecule has 1 aliphatic carbocycles. The molecule has 1 heterocycles. The molecule has 29 heavy (non-hydrogen) atoms. The summed E-state index contributed by atoms with van der Waals surface area (Å²) in [7, 11) is 0. The van der Waals surface area contributed by atoms with Gasteiger partial charge < -0.3 is 4.74 Å². The highest BCUT2D eigenvalue weighted by molar-refractivity contribution is 5.59. The Kier molecular flexibility index (Phi) is 8.98. The van der Waals surface area contributed by atoms with Crippen LogP contribution in [0.5, 0.6) is 5.88 Å². The van der Waals surface area contributed by atoms with Crippen LogP contribution in [0.15, 0.2) is 36.4 Å². The summed E-state index contributed by atoms with van der Waals surface area (Å²) < 4.78 is 5.60. The Morgan fingerprint density at radius 1 is 0.793 bits per heavy atom. The van der Waals surface area contributed by atoms with Gasteiger partial charge in [0.1, 0.15) is 0 Å². The summed E-state index contributed by atoms with van der Waals surface area (Å²) in [5.74, 6) is 2.55. The van der Waals surface area contributed by atoms with Crippen molar-refractivity contribution in [2.24, 2.45) is 11.8 Å². The lowest BCUT2D eigenvalue weighted by molar-refractivity contribution is 0.250. The fourth-order valence-electron chi connectivity index (χ4n) is 4.39. The predicted molar refractivity (Wildman–Crippen MR) is 121 cm³/mol. The second-order valence-electron chi connectivity index (χ2n) is 8.72. The highest BCUT2D eigenvalue weighted by Crippen LogP contribution is 2.34. The summed E-state index contributed by atoms with van der Waals surface area (Å²) in [5.41, 5.74) is 3.47. The van der Waals surface area contributed by atoms with Gasteiger partial charge in [0.25, 0.3) is 0 Å². The molecule has 0 spiro atoms. The van der Waals surface area contributed by atoms with Gasteiger partial charge in [-0.15, -0.1) is 10.2 Å². The van der Waals surface area contributed by atoms with Crippen LogP contribution >= 0.6 is 0 Å². The lowest BCUT2D eigenvalue weighted by Gasteiger charge is -2.28. The van der Waals surface area contributed by atoms with Crippen LogP contribution in [0.2, 0.25) is 0 Å². The number of aryl methyl sites for hydroxylation is 1. The summed E-state index contributed by atoms with van der Waals surface area (Å²) in [6.45, 7) is 5.17. The van der Waals surface area contributed by atoms with Crippen molar-refractivity contribution in [3.8, 4) is 17.1 Å². The molecule has 0 amide bonds. The summed E-state index contributed by atoms with van der Waals surface area (Å²) >= 11 is 0. The molecule has 1 saturated carbocycles. The molecule has 0 bridgehead atoms. The molecule has 2 aromatic rings. The first-order valence-corrected chi connectivity index (χ1v) is 11.8. The molecule has 1 fully saturated rings. The number of unbranched alkanes of at least 4 members (excludes halogenated alkanes) is 2. The highest BCUT2D eigenvalue weighted by atomic mass is 16.5. The van der Waals surface area contributed by atoms with Crippen molar-refractivity contribution >= 4 is 0 Å². The molecule has 0 N–H and O–H groups in total. The van der Waals surface area contributed by atoms with Crippen LogP contribution in [0.3, 0.4) is 0 Å². The molecular formula is C26H38N2O. The summed E-state index contributed by atoms with van der Waals surface area (Å²) in [6, 6.07) is 12.8. The zero-order valence-corrected chi connectivity index (χ0v) is 18.4. The van der Waals surface area contributed by atoms with Crippen molar-refractivity contribution in [3.63, 3.8) is 0 Å². The molecule has 0 aliphatic heterocycles. The Bertz CT molecular complexity index is 688. The van der Waals surface area contributed by atoms with Gasteiger partial charge in [-0.2, -0.15) is 0 Å². The van der Waals surface area contributed by atoms with Crippen molar-refractivity contribution in [1.29, 1.82) is 0 Å². The number of rotatable bonds is 11. The topological polar surface area (TPSA) is 35.0 Å². The fourth-order valence-corrected chi connectivity index (χ4v) is 4.39. The summed E-state index contributed by atoms with van der Waals surface area (Å²) in [6.07, 6.45) is 14.7. The van der Waals surface area contributed by atoms with Gasteiger partial charge in [-0.1, -0.05) is 89.5 Å². The van der Waals surface area contributed by atoms with E-state index in [4.69, 9.17) is 4.74 Å². The second-order valence-corrected chi connectivity index (χ2v) is 8.72. The van der Waals surface area contributed by atoms with Crippen molar-refractivity contribution < 1.29 is 4.74 Å². The van der Waals surface area contributed by atoms with E-state index < -0.39 is 0 Å². The normalized spacial score (nSPS) is 19.2. The van der Waals surface area contributed by atoms with Crippen molar-refractivity contribution in [2.45, 2.75) is 84.5 Å². The number of ether oxygens (including phenoxy) is 1. The van der Waals surface area contributed by atoms with Gasteiger partial charge in [-0.25, -0.2) is 0 Å². The van der Waals surface area contributed by atoms with Gasteiger partial charge in [-0.3, -0.25) is 0 Å². The van der Waals surface area contributed by atoms with Crippen molar-refractivity contribution in [1.82, 2.24) is 10.2 Å². The van der Waals surface area contributed by atoms with Gasteiger partial charge in [0, 0.05) is 11.6 Å². The molecule has 1 aromatic carbocycles. The number of nitrogens with zero attached hydrogens (tertiary/aromatic N) is 2. The lowest BCUT2D eigenvalue weighted by atomic mass is 9.78. The third-order valence-electron chi connectivity index (χ3n) is 6.41. The van der Waals surface area contributed by atoms with Gasteiger partial charge in [-0.05, 0) is 42.7 Å². The maximum atomic E-state index is 5.60. The van der Waals surface area contributed by atoms with E-state index in [-0.39, 0.29) is 0 Å². The zero-order valence-electron chi connectivity index (χ0n) is 18.4. The van der Waals surface area contributed by atoms with Gasteiger partial charge in [0.2, 0.25) is 5.88 Å². The van der Waals surface area contributed by atoms with Crippen molar-refractivity contribution in [3.05, 3.63) is 42.0 Å². The Balaban J connectivity index is 1.43. The third kappa shape index (κ3) is 7.13. The smallest absolute Gasteiger partial charge is 0.233 e. The van der Waals surface area contributed by atoms with Gasteiger partial charge in [0.15, 0.2) is 0 Å². The van der Waals surface area contributed by atoms with Crippen LogP contribution in [0.25, 0.3) is 11.3 Å². The monoisotopic (exact) mass is 394 g/mol. The van der Waals surface area contributed by atoms with Crippen LogP contribution < -0.4 is 4.74 Å². The van der Waals surface area contributed by atoms with Crippen LogP contribution in [0.4, 0.5) is 0 Å². The van der Waals surface area contributed by atoms with E-state index in [1.807, 2.05) is 12.1 Å². The maximum Gasteiger partial charge on any atom is 0.233 e. The minimum atomic E-state index is 0.614. The largest absolute Gasteiger partial charge is 0.477 e. The Morgan fingerprint density at radius 2 is 1.48 bits per heavy atom. The third-order valence-corrected chi connectivity index (χ3v) is 6.41. The summed E-state index contributed by atoms with van der Waals surface area (Å²) in [5, 5.41) is 8.53. The Hall–Kier alpha value is -1.90. The molecule has 158 valence electrons.